The number of guanidine groups is 1. The number of aromatic nitrogens is 2. The summed E-state index contributed by atoms with van der Waals surface area (Å²) in [6.45, 7) is 0.112. The summed E-state index contributed by atoms with van der Waals surface area (Å²) in [4.78, 5) is 139. The van der Waals surface area contributed by atoms with E-state index in [9.17, 15) is 53.4 Å². The van der Waals surface area contributed by atoms with Crippen LogP contribution in [-0.2, 0) is 49.6 Å². The zero-order chi connectivity index (χ0) is 58.7. The Kier molecular flexibility index (Phi) is 33.4. The molecule has 1 aromatic heterocycles. The molecule has 1 aliphatic heterocycles. The Labute approximate surface area is 459 Å². The molecular formula is C48H86N20O11. The molecule has 2 rings (SSSR count). The maximum absolute atomic E-state index is 14.4. The Morgan fingerprint density at radius 3 is 1.97 bits per heavy atom. The number of aliphatic imine (C=N–C) groups is 2. The van der Waals surface area contributed by atoms with E-state index in [0.717, 1.165) is 0 Å². The van der Waals surface area contributed by atoms with Gasteiger partial charge in [-0.2, -0.15) is 0 Å². The molecule has 444 valence electrons. The minimum absolute atomic E-state index is 0.00890. The number of hydrogen-bond donors (Lipinski definition) is 18. The van der Waals surface area contributed by atoms with Gasteiger partial charge in [0.15, 0.2) is 5.96 Å². The van der Waals surface area contributed by atoms with Gasteiger partial charge in [-0.3, -0.25) is 48.6 Å². The van der Waals surface area contributed by atoms with Crippen molar-refractivity contribution in [2.75, 3.05) is 65.4 Å². The molecule has 2 heterocycles. The number of aliphatic hydroxyl groups excluding tert-OH is 2. The van der Waals surface area contributed by atoms with E-state index in [1.807, 2.05) is 0 Å². The van der Waals surface area contributed by atoms with Gasteiger partial charge in [-0.05, 0) is 116 Å². The largest absolute Gasteiger partial charge is 0.391 e. The predicted octanol–water partition coefficient (Wildman–Crippen LogP) is -6.92. The maximum atomic E-state index is 14.4. The molecule has 9 amide bonds. The van der Waals surface area contributed by atoms with Gasteiger partial charge in [0.25, 0.3) is 23.6 Å². The third-order valence-electron chi connectivity index (χ3n) is 12.4. The number of aromatic amines is 1. The van der Waals surface area contributed by atoms with Gasteiger partial charge < -0.3 is 97.5 Å². The molecule has 0 aromatic carbocycles. The Bertz CT molecular complexity index is 2180. The Hall–Kier alpha value is -6.87. The van der Waals surface area contributed by atoms with E-state index in [4.69, 9.17) is 45.5 Å². The summed E-state index contributed by atoms with van der Waals surface area (Å²) in [5, 5.41) is 45.7. The van der Waals surface area contributed by atoms with Crippen molar-refractivity contribution < 1.29 is 53.4 Å². The second kappa shape index (κ2) is 38.7. The molecule has 25 N–H and O–H groups in total. The smallest absolute Gasteiger partial charge is 0.269 e. The number of rotatable bonds is 39. The zero-order valence-corrected chi connectivity index (χ0v) is 45.0. The molecule has 31 nitrogen and oxygen atoms in total. The first-order valence-corrected chi connectivity index (χ1v) is 26.7. The molecule has 1 saturated heterocycles. The quantitative estimate of drug-likeness (QED) is 0.0165. The van der Waals surface area contributed by atoms with Crippen molar-refractivity contribution >= 4 is 70.5 Å². The highest BCUT2D eigenvalue weighted by molar-refractivity contribution is 6.41. The molecule has 1 aromatic rings. The van der Waals surface area contributed by atoms with E-state index in [0.29, 0.717) is 70.3 Å². The van der Waals surface area contributed by atoms with Crippen LogP contribution in [-0.4, -0.2) is 203 Å². The number of nitrogens with two attached hydrogens (primary N) is 7. The summed E-state index contributed by atoms with van der Waals surface area (Å²) in [6.07, 6.45) is 3.28. The molecule has 0 unspecified atom stereocenters. The standard InChI is InChI=1S/C48H86N20O11/c49-15-3-1-10-31(41(73)58-19-6-5-17-51)63-43(75)33(13-8-20-59-48(55)56)64-42(74)32(11-2-4-16-50)65-44(76)35(22-29-26-57-28-61-29)66-45(77)36-14-9-21-68(36)47(79)34(12-7-18-52)62-39(72)27-60-46(78)40(37(70)25-54)67-38(71)23-30(69)24-53/h26,28,30-32,35-37,40,69-70H,1-25,27,49-54H2,(H,57,61)(H,58,73)(H,60,78)(H,63,75)(H,65,76)(H,66,77)(H,67,71)(H4,55,56,59)/b62-34+,64-33+/t30-,31+,32+,35+,36+,37+,40+/m1/s1. The summed E-state index contributed by atoms with van der Waals surface area (Å²) in [5.41, 5.74) is 39.0. The molecule has 0 spiro atoms. The molecule has 79 heavy (non-hydrogen) atoms. The van der Waals surface area contributed by atoms with Crippen molar-refractivity contribution in [2.45, 2.75) is 145 Å². The highest BCUT2D eigenvalue weighted by Gasteiger charge is 2.39. The first-order chi connectivity index (χ1) is 37.8. The minimum atomic E-state index is -1.63. The van der Waals surface area contributed by atoms with Gasteiger partial charge in [0, 0.05) is 51.0 Å². The number of imidazole rings is 1. The van der Waals surface area contributed by atoms with Crippen LogP contribution in [0.3, 0.4) is 0 Å². The number of unbranched alkanes of at least 4 members (excludes halogenated alkanes) is 3. The van der Waals surface area contributed by atoms with E-state index in [1.54, 1.807) is 0 Å². The van der Waals surface area contributed by atoms with Gasteiger partial charge in [0.2, 0.25) is 29.5 Å². The van der Waals surface area contributed by atoms with Gasteiger partial charge in [-0.15, -0.1) is 0 Å². The fraction of sp³-hybridized carbons (Fsp3) is 0.688. The van der Waals surface area contributed by atoms with Gasteiger partial charge in [-0.1, -0.05) is 0 Å². The van der Waals surface area contributed by atoms with Crippen LogP contribution in [0.25, 0.3) is 0 Å². The summed E-state index contributed by atoms with van der Waals surface area (Å²) in [6, 6.07) is -6.58. The first-order valence-electron chi connectivity index (χ1n) is 26.7. The van der Waals surface area contributed by atoms with Crippen LogP contribution < -0.4 is 77.4 Å². The van der Waals surface area contributed by atoms with Crippen molar-refractivity contribution in [1.82, 2.24) is 52.1 Å². The Morgan fingerprint density at radius 2 is 1.35 bits per heavy atom. The average molecular weight is 1120 g/mol. The molecule has 0 saturated carbocycles. The second-order valence-electron chi connectivity index (χ2n) is 18.8. The van der Waals surface area contributed by atoms with Gasteiger partial charge in [-0.25, -0.2) is 15.0 Å². The lowest BCUT2D eigenvalue weighted by atomic mass is 10.1. The van der Waals surface area contributed by atoms with E-state index < -0.39 is 115 Å². The van der Waals surface area contributed by atoms with Crippen molar-refractivity contribution in [3.05, 3.63) is 18.2 Å². The van der Waals surface area contributed by atoms with E-state index in [2.05, 4.69) is 57.2 Å². The Morgan fingerprint density at radius 1 is 0.709 bits per heavy atom. The number of aliphatic hydroxyl groups is 2. The molecule has 0 radical (unpaired) electrons. The number of amides is 9. The van der Waals surface area contributed by atoms with Crippen LogP contribution in [0.4, 0.5) is 0 Å². The van der Waals surface area contributed by atoms with Crippen molar-refractivity contribution in [3.63, 3.8) is 0 Å². The van der Waals surface area contributed by atoms with Crippen molar-refractivity contribution in [2.24, 2.45) is 50.1 Å². The van der Waals surface area contributed by atoms with Crippen LogP contribution in [0, 0.1) is 5.41 Å². The summed E-state index contributed by atoms with van der Waals surface area (Å²) in [5.74, 6) is -7.77. The van der Waals surface area contributed by atoms with E-state index in [-0.39, 0.29) is 101 Å². The third kappa shape index (κ3) is 26.1. The predicted molar refractivity (Wildman–Crippen MR) is 292 cm³/mol. The molecule has 7 atom stereocenters. The summed E-state index contributed by atoms with van der Waals surface area (Å²) in [7, 11) is 0. The summed E-state index contributed by atoms with van der Waals surface area (Å²) < 4.78 is 0. The maximum Gasteiger partial charge on any atom is 0.269 e. The number of carbonyl (C=O) groups is 9. The molecule has 1 fully saturated rings. The molecule has 31 heteroatoms. The number of nitrogens with one attached hydrogen (secondary N) is 9. The lowest BCUT2D eigenvalue weighted by molar-refractivity contribution is -0.136. The lowest BCUT2D eigenvalue weighted by Crippen LogP contribution is -2.56. The SMILES string of the molecule is N=C(N)NCCC/C(=N\C(=O)[C@H](CCCCN)NC(=O)[C@H](Cc1cnc[nH]1)NC(=O)[C@@H]1CCCN1C(=O)/C(CCCN)=N/C(=O)CNC(=O)[C@@H](NC(=O)C[C@@H](O)CN)[C@@H](O)CN)C(=O)N[C@@H](CCCCN)C(=O)NCCCCN. The number of likely N-dealkylation sites (tertiary alicyclic amines) is 1. The number of nitrogens with zero attached hydrogens (tertiary/aromatic N) is 4. The zero-order valence-electron chi connectivity index (χ0n) is 45.0. The van der Waals surface area contributed by atoms with Gasteiger partial charge >= 0.3 is 0 Å². The van der Waals surface area contributed by atoms with Gasteiger partial charge in [0.1, 0.15) is 41.6 Å². The molecule has 1 aliphatic rings. The van der Waals surface area contributed by atoms with Crippen LogP contribution >= 0.6 is 0 Å². The van der Waals surface area contributed by atoms with E-state index in [1.165, 1.54) is 17.4 Å². The van der Waals surface area contributed by atoms with Crippen LogP contribution in [0.2, 0.25) is 0 Å². The average Bonchev–Trinajstić information content (AvgIpc) is 4.17. The molecule has 0 bridgehead atoms. The summed E-state index contributed by atoms with van der Waals surface area (Å²) >= 11 is 0. The van der Waals surface area contributed by atoms with Crippen molar-refractivity contribution in [1.29, 1.82) is 5.41 Å². The first kappa shape index (κ1) is 68.2. The van der Waals surface area contributed by atoms with Crippen molar-refractivity contribution in [3.8, 4) is 0 Å². The number of carbonyl (C=O) groups excluding carboxylic acids is 9. The fourth-order valence-corrected chi connectivity index (χ4v) is 8.03. The monoisotopic (exact) mass is 1120 g/mol. The Balaban J connectivity index is 2.45. The minimum Gasteiger partial charge on any atom is -0.391 e. The number of H-pyrrole nitrogens is 1. The third-order valence-corrected chi connectivity index (χ3v) is 12.4. The fourth-order valence-electron chi connectivity index (χ4n) is 8.03. The van der Waals surface area contributed by atoms with Crippen LogP contribution in [0.15, 0.2) is 22.5 Å². The van der Waals surface area contributed by atoms with E-state index >= 15 is 0 Å². The molecule has 0 aliphatic carbocycles. The normalized spacial score (nSPS) is 15.8. The van der Waals surface area contributed by atoms with Crippen LogP contribution in [0.1, 0.15) is 102 Å². The van der Waals surface area contributed by atoms with Gasteiger partial charge in [0.05, 0.1) is 31.5 Å². The lowest BCUT2D eigenvalue weighted by Gasteiger charge is -2.27. The highest BCUT2D eigenvalue weighted by Crippen LogP contribution is 2.20. The highest BCUT2D eigenvalue weighted by atomic mass is 16.3. The molecular weight excluding hydrogens is 1030 g/mol. The number of hydrogen-bond acceptors (Lipinski definition) is 19. The topological polar surface area (TPSA) is 541 Å². The second-order valence-corrected chi connectivity index (χ2v) is 18.8. The van der Waals surface area contributed by atoms with Crippen LogP contribution in [0.5, 0.6) is 0 Å².